The summed E-state index contributed by atoms with van der Waals surface area (Å²) in [6.45, 7) is 10.1. The number of para-hydroxylation sites is 1. The van der Waals surface area contributed by atoms with Crippen LogP contribution in [0, 0.1) is 11.8 Å². The second-order valence-electron chi connectivity index (χ2n) is 8.36. The van der Waals surface area contributed by atoms with Crippen LogP contribution in [0.3, 0.4) is 0 Å². The lowest BCUT2D eigenvalue weighted by atomic mass is 9.99. The summed E-state index contributed by atoms with van der Waals surface area (Å²) in [5.41, 5.74) is 1.33. The molecule has 174 valence electrons. The molecule has 2 aliphatic rings. The van der Waals surface area contributed by atoms with Crippen molar-refractivity contribution < 1.29 is 9.53 Å². The highest BCUT2D eigenvalue weighted by atomic mass is 127. The first-order chi connectivity index (χ1) is 14.6. The molecule has 0 radical (unpaired) electrons. The molecule has 1 aromatic carbocycles. The van der Waals surface area contributed by atoms with Gasteiger partial charge in [0.05, 0.1) is 13.0 Å². The summed E-state index contributed by atoms with van der Waals surface area (Å²) in [6.07, 6.45) is 2.29. The molecular weight excluding hydrogens is 505 g/mol. The molecule has 31 heavy (non-hydrogen) atoms. The van der Waals surface area contributed by atoms with Gasteiger partial charge in [-0.15, -0.1) is 24.0 Å². The van der Waals surface area contributed by atoms with E-state index >= 15 is 0 Å². The number of carbonyl (C=O) groups excluding carboxylic acids is 1. The molecule has 7 nitrogen and oxygen atoms in total. The van der Waals surface area contributed by atoms with Crippen molar-refractivity contribution in [1.29, 1.82) is 0 Å². The zero-order valence-corrected chi connectivity index (χ0v) is 21.5. The summed E-state index contributed by atoms with van der Waals surface area (Å²) >= 11 is 0. The average Bonchev–Trinajstić information content (AvgIpc) is 3.18. The molecule has 2 saturated heterocycles. The van der Waals surface area contributed by atoms with Crippen molar-refractivity contribution in [2.75, 3.05) is 71.4 Å². The lowest BCUT2D eigenvalue weighted by molar-refractivity contribution is -0.145. The Kier molecular flexibility index (Phi) is 10.9. The Morgan fingerprint density at radius 1 is 1.13 bits per heavy atom. The van der Waals surface area contributed by atoms with Gasteiger partial charge < -0.3 is 19.9 Å². The number of unbranched alkanes of at least 4 members (excludes halogenated alkanes) is 1. The van der Waals surface area contributed by atoms with E-state index in [2.05, 4.69) is 62.3 Å². The molecular formula is C23H38IN5O2. The zero-order chi connectivity index (χ0) is 21.3. The maximum absolute atomic E-state index is 11.9. The van der Waals surface area contributed by atoms with Crippen LogP contribution in [0.5, 0.6) is 0 Å². The monoisotopic (exact) mass is 543 g/mol. The predicted molar refractivity (Wildman–Crippen MR) is 137 cm³/mol. The van der Waals surface area contributed by atoms with Crippen molar-refractivity contribution in [1.82, 2.24) is 15.1 Å². The van der Waals surface area contributed by atoms with Crippen LogP contribution in [0.2, 0.25) is 0 Å². The normalized spacial score (nSPS) is 22.2. The number of hydrogen-bond donors (Lipinski definition) is 1. The molecule has 0 aliphatic carbocycles. The second-order valence-corrected chi connectivity index (χ2v) is 8.36. The summed E-state index contributed by atoms with van der Waals surface area (Å²) in [5.74, 6) is 0.992. The Hall–Kier alpha value is -1.55. The molecule has 2 aliphatic heterocycles. The average molecular weight is 543 g/mol. The highest BCUT2D eigenvalue weighted by Crippen LogP contribution is 2.24. The van der Waals surface area contributed by atoms with Crippen LogP contribution in [-0.4, -0.2) is 88.2 Å². The van der Waals surface area contributed by atoms with Gasteiger partial charge in [-0.1, -0.05) is 25.1 Å². The number of ether oxygens (including phenoxy) is 1. The summed E-state index contributed by atoms with van der Waals surface area (Å²) in [4.78, 5) is 23.5. The first-order valence-electron chi connectivity index (χ1n) is 11.2. The van der Waals surface area contributed by atoms with Crippen molar-refractivity contribution in [2.24, 2.45) is 16.8 Å². The molecule has 0 spiro atoms. The quantitative estimate of drug-likeness (QED) is 0.188. The Morgan fingerprint density at radius 2 is 1.84 bits per heavy atom. The first kappa shape index (κ1) is 25.7. The summed E-state index contributed by atoms with van der Waals surface area (Å²) in [5, 5.41) is 3.47. The number of carbonyl (C=O) groups is 1. The fraction of sp³-hybridized carbons (Fsp3) is 0.652. The van der Waals surface area contributed by atoms with E-state index in [0.717, 1.165) is 58.2 Å². The molecule has 0 amide bonds. The molecule has 0 saturated carbocycles. The standard InChI is InChI=1S/C23H37N5O2.HI/c1-19-17-28(18-21(19)22(29)30-3)23(24-2)25-11-7-8-12-26-13-15-27(16-14-26)20-9-5-4-6-10-20;/h4-6,9-10,19,21H,7-8,11-18H2,1-3H3,(H,24,25);1H. The highest BCUT2D eigenvalue weighted by molar-refractivity contribution is 14.0. The number of likely N-dealkylation sites (tertiary alicyclic amines) is 1. The smallest absolute Gasteiger partial charge is 0.310 e. The van der Waals surface area contributed by atoms with Gasteiger partial charge in [-0.25, -0.2) is 0 Å². The maximum Gasteiger partial charge on any atom is 0.310 e. The van der Waals surface area contributed by atoms with Crippen LogP contribution in [0.25, 0.3) is 0 Å². The Labute approximate surface area is 204 Å². The molecule has 3 rings (SSSR count). The molecule has 2 heterocycles. The first-order valence-corrected chi connectivity index (χ1v) is 11.2. The van der Waals surface area contributed by atoms with E-state index in [1.807, 2.05) is 7.05 Å². The third kappa shape index (κ3) is 7.24. The Bertz CT molecular complexity index is 694. The lowest BCUT2D eigenvalue weighted by Crippen LogP contribution is -2.46. The predicted octanol–water partition coefficient (Wildman–Crippen LogP) is 2.52. The number of piperazine rings is 1. The number of esters is 1. The van der Waals surface area contributed by atoms with E-state index in [9.17, 15) is 4.79 Å². The molecule has 8 heteroatoms. The number of rotatable bonds is 7. The van der Waals surface area contributed by atoms with E-state index in [4.69, 9.17) is 4.74 Å². The molecule has 2 fully saturated rings. The lowest BCUT2D eigenvalue weighted by Gasteiger charge is -2.36. The summed E-state index contributed by atoms with van der Waals surface area (Å²) in [6, 6.07) is 10.7. The van der Waals surface area contributed by atoms with Crippen LogP contribution in [0.1, 0.15) is 19.8 Å². The molecule has 2 unspecified atom stereocenters. The highest BCUT2D eigenvalue weighted by Gasteiger charge is 2.36. The van der Waals surface area contributed by atoms with Crippen molar-refractivity contribution in [3.63, 3.8) is 0 Å². The van der Waals surface area contributed by atoms with Gasteiger partial charge in [-0.05, 0) is 37.4 Å². The number of nitrogens with one attached hydrogen (secondary N) is 1. The molecule has 0 aromatic heterocycles. The van der Waals surface area contributed by atoms with Gasteiger partial charge in [0.15, 0.2) is 5.96 Å². The number of anilines is 1. The number of halogens is 1. The SMILES string of the molecule is CN=C(NCCCCN1CCN(c2ccccc2)CC1)N1CC(C)C(C(=O)OC)C1.I. The van der Waals surface area contributed by atoms with Crippen LogP contribution in [0.15, 0.2) is 35.3 Å². The third-order valence-electron chi connectivity index (χ3n) is 6.31. The van der Waals surface area contributed by atoms with Crippen LogP contribution in [-0.2, 0) is 9.53 Å². The fourth-order valence-electron chi connectivity index (χ4n) is 4.46. The second kappa shape index (κ2) is 13.1. The van der Waals surface area contributed by atoms with Gasteiger partial charge in [0.1, 0.15) is 0 Å². The van der Waals surface area contributed by atoms with Crippen LogP contribution < -0.4 is 10.2 Å². The number of benzene rings is 1. The number of aliphatic imine (C=N–C) groups is 1. The van der Waals surface area contributed by atoms with Crippen molar-refractivity contribution >= 4 is 41.6 Å². The molecule has 2 atom stereocenters. The summed E-state index contributed by atoms with van der Waals surface area (Å²) < 4.78 is 4.94. The zero-order valence-electron chi connectivity index (χ0n) is 19.1. The number of methoxy groups -OCH3 is 1. The molecule has 1 aromatic rings. The van der Waals surface area contributed by atoms with E-state index < -0.39 is 0 Å². The van der Waals surface area contributed by atoms with Gasteiger partial charge in [0, 0.05) is 58.5 Å². The van der Waals surface area contributed by atoms with Gasteiger partial charge in [0.2, 0.25) is 0 Å². The third-order valence-corrected chi connectivity index (χ3v) is 6.31. The molecule has 0 bridgehead atoms. The van der Waals surface area contributed by atoms with Gasteiger partial charge >= 0.3 is 5.97 Å². The van der Waals surface area contributed by atoms with Crippen LogP contribution in [0.4, 0.5) is 5.69 Å². The molecule has 1 N–H and O–H groups in total. The van der Waals surface area contributed by atoms with Crippen LogP contribution >= 0.6 is 24.0 Å². The van der Waals surface area contributed by atoms with Crippen molar-refractivity contribution in [2.45, 2.75) is 19.8 Å². The number of hydrogen-bond acceptors (Lipinski definition) is 5. The van der Waals surface area contributed by atoms with Crippen molar-refractivity contribution in [3.8, 4) is 0 Å². The minimum Gasteiger partial charge on any atom is -0.469 e. The summed E-state index contributed by atoms with van der Waals surface area (Å²) in [7, 11) is 3.27. The Balaban J connectivity index is 0.00000341. The number of nitrogens with zero attached hydrogens (tertiary/aromatic N) is 4. The van der Waals surface area contributed by atoms with Gasteiger partial charge in [0.25, 0.3) is 0 Å². The van der Waals surface area contributed by atoms with Gasteiger partial charge in [-0.3, -0.25) is 14.7 Å². The van der Waals surface area contributed by atoms with E-state index in [0.29, 0.717) is 6.54 Å². The number of guanidine groups is 1. The van der Waals surface area contributed by atoms with E-state index in [1.165, 1.54) is 19.2 Å². The topological polar surface area (TPSA) is 60.4 Å². The van der Waals surface area contributed by atoms with Gasteiger partial charge in [-0.2, -0.15) is 0 Å². The minimum absolute atomic E-state index is 0. The van der Waals surface area contributed by atoms with E-state index in [1.54, 1.807) is 0 Å². The minimum atomic E-state index is -0.118. The fourth-order valence-corrected chi connectivity index (χ4v) is 4.46. The van der Waals surface area contributed by atoms with Crippen molar-refractivity contribution in [3.05, 3.63) is 30.3 Å². The maximum atomic E-state index is 11.9. The Morgan fingerprint density at radius 3 is 2.48 bits per heavy atom. The van der Waals surface area contributed by atoms with E-state index in [-0.39, 0.29) is 41.8 Å². The largest absolute Gasteiger partial charge is 0.469 e.